The predicted molar refractivity (Wildman–Crippen MR) is 66.1 cm³/mol. The summed E-state index contributed by atoms with van der Waals surface area (Å²) in [6, 6.07) is 0.641. The Morgan fingerprint density at radius 3 is 2.40 bits per heavy atom. The third-order valence-corrected chi connectivity index (χ3v) is 2.49. The first kappa shape index (κ1) is 12.3. The van der Waals surface area contributed by atoms with Crippen LogP contribution in [0.3, 0.4) is 0 Å². The lowest BCUT2D eigenvalue weighted by Gasteiger charge is -2.17. The lowest BCUT2D eigenvalue weighted by atomic mass is 9.97. The standard InChI is InChI=1S/C12H25N3/c1-6-13-11(14-8-12(3,4)5)15-10-7-9(10)2/h9-10H,6-8H2,1-5H3,(H2,13,14,15). The summed E-state index contributed by atoms with van der Waals surface area (Å²) >= 11 is 0. The van der Waals surface area contributed by atoms with Crippen LogP contribution >= 0.6 is 0 Å². The smallest absolute Gasteiger partial charge is 0.191 e. The molecule has 0 amide bonds. The van der Waals surface area contributed by atoms with Gasteiger partial charge in [0.05, 0.1) is 0 Å². The number of nitrogens with one attached hydrogen (secondary N) is 2. The molecule has 0 saturated heterocycles. The van der Waals surface area contributed by atoms with E-state index in [0.29, 0.717) is 6.04 Å². The van der Waals surface area contributed by atoms with Crippen LogP contribution in [-0.2, 0) is 0 Å². The minimum Gasteiger partial charge on any atom is -0.357 e. The Labute approximate surface area is 93.7 Å². The van der Waals surface area contributed by atoms with Crippen LogP contribution < -0.4 is 10.6 Å². The summed E-state index contributed by atoms with van der Waals surface area (Å²) in [5.41, 5.74) is 0.261. The van der Waals surface area contributed by atoms with Gasteiger partial charge in [0.2, 0.25) is 0 Å². The summed E-state index contributed by atoms with van der Waals surface area (Å²) in [6.45, 7) is 12.8. The molecule has 2 unspecified atom stereocenters. The van der Waals surface area contributed by atoms with Crippen molar-refractivity contribution in [2.45, 2.75) is 47.1 Å². The molecule has 0 aromatic heterocycles. The maximum atomic E-state index is 4.59. The van der Waals surface area contributed by atoms with Crippen molar-refractivity contribution in [1.29, 1.82) is 0 Å². The first-order valence-corrected chi connectivity index (χ1v) is 5.97. The van der Waals surface area contributed by atoms with Crippen LogP contribution in [0.25, 0.3) is 0 Å². The van der Waals surface area contributed by atoms with E-state index in [0.717, 1.165) is 25.0 Å². The van der Waals surface area contributed by atoms with E-state index in [4.69, 9.17) is 0 Å². The summed E-state index contributed by atoms with van der Waals surface area (Å²) in [5.74, 6) is 1.78. The topological polar surface area (TPSA) is 36.4 Å². The van der Waals surface area contributed by atoms with Crippen molar-refractivity contribution in [3.8, 4) is 0 Å². The average Bonchev–Trinajstić information content (AvgIpc) is 2.77. The Morgan fingerprint density at radius 1 is 1.40 bits per heavy atom. The Hall–Kier alpha value is -0.730. The zero-order chi connectivity index (χ0) is 11.5. The maximum absolute atomic E-state index is 4.59. The normalized spacial score (nSPS) is 26.3. The van der Waals surface area contributed by atoms with E-state index >= 15 is 0 Å². The molecule has 0 bridgehead atoms. The fourth-order valence-corrected chi connectivity index (χ4v) is 1.34. The highest BCUT2D eigenvalue weighted by Crippen LogP contribution is 2.28. The van der Waals surface area contributed by atoms with E-state index in [1.54, 1.807) is 0 Å². The van der Waals surface area contributed by atoms with Gasteiger partial charge in [0.25, 0.3) is 0 Å². The van der Waals surface area contributed by atoms with Crippen LogP contribution in [0.2, 0.25) is 0 Å². The summed E-state index contributed by atoms with van der Waals surface area (Å²) in [6.07, 6.45) is 1.28. The van der Waals surface area contributed by atoms with Crippen LogP contribution in [0.1, 0.15) is 41.0 Å². The zero-order valence-electron chi connectivity index (χ0n) is 10.7. The minimum absolute atomic E-state index is 0.261. The Balaban J connectivity index is 2.41. The molecule has 2 N–H and O–H groups in total. The summed E-state index contributed by atoms with van der Waals surface area (Å²) in [5, 5.41) is 6.74. The highest BCUT2D eigenvalue weighted by Gasteiger charge is 2.33. The first-order valence-electron chi connectivity index (χ1n) is 5.97. The van der Waals surface area contributed by atoms with Crippen LogP contribution in [0.4, 0.5) is 0 Å². The predicted octanol–water partition coefficient (Wildman–Crippen LogP) is 2.00. The quantitative estimate of drug-likeness (QED) is 0.553. The molecular weight excluding hydrogens is 186 g/mol. The van der Waals surface area contributed by atoms with E-state index in [9.17, 15) is 0 Å². The molecule has 15 heavy (non-hydrogen) atoms. The van der Waals surface area contributed by atoms with Crippen LogP contribution in [-0.4, -0.2) is 25.1 Å². The number of hydrogen-bond acceptors (Lipinski definition) is 1. The van der Waals surface area contributed by atoms with Gasteiger partial charge in [0, 0.05) is 19.1 Å². The van der Waals surface area contributed by atoms with Gasteiger partial charge in [-0.05, 0) is 24.7 Å². The van der Waals surface area contributed by atoms with Gasteiger partial charge >= 0.3 is 0 Å². The molecule has 0 aliphatic heterocycles. The molecule has 1 rings (SSSR count). The van der Waals surface area contributed by atoms with Crippen molar-refractivity contribution < 1.29 is 0 Å². The number of nitrogens with zero attached hydrogens (tertiary/aromatic N) is 1. The molecule has 1 aliphatic carbocycles. The SMILES string of the molecule is CCNC(=NCC(C)(C)C)NC1CC1C. The van der Waals surface area contributed by atoms with E-state index in [2.05, 4.69) is 50.2 Å². The van der Waals surface area contributed by atoms with E-state index < -0.39 is 0 Å². The van der Waals surface area contributed by atoms with E-state index in [-0.39, 0.29) is 5.41 Å². The van der Waals surface area contributed by atoms with Gasteiger partial charge in [-0.1, -0.05) is 27.7 Å². The minimum atomic E-state index is 0.261. The summed E-state index contributed by atoms with van der Waals surface area (Å²) < 4.78 is 0. The third kappa shape index (κ3) is 5.05. The van der Waals surface area contributed by atoms with Crippen molar-refractivity contribution >= 4 is 5.96 Å². The molecular formula is C12H25N3. The van der Waals surface area contributed by atoms with Gasteiger partial charge in [0.1, 0.15) is 0 Å². The average molecular weight is 211 g/mol. The van der Waals surface area contributed by atoms with Crippen molar-refractivity contribution in [3.63, 3.8) is 0 Å². The third-order valence-electron chi connectivity index (χ3n) is 2.49. The highest BCUT2D eigenvalue weighted by molar-refractivity contribution is 5.80. The molecule has 0 aromatic carbocycles. The Morgan fingerprint density at radius 2 is 2.00 bits per heavy atom. The Kier molecular flexibility index (Phi) is 4.00. The molecule has 2 atom stereocenters. The number of rotatable bonds is 3. The second-order valence-corrected chi connectivity index (χ2v) is 5.72. The summed E-state index contributed by atoms with van der Waals surface area (Å²) in [4.78, 5) is 4.59. The van der Waals surface area contributed by atoms with Gasteiger partial charge in [0.15, 0.2) is 5.96 Å². The maximum Gasteiger partial charge on any atom is 0.191 e. The molecule has 1 aliphatic rings. The molecule has 0 spiro atoms. The molecule has 88 valence electrons. The molecule has 0 heterocycles. The molecule has 1 fully saturated rings. The van der Waals surface area contributed by atoms with E-state index in [1.807, 2.05) is 0 Å². The summed E-state index contributed by atoms with van der Waals surface area (Å²) in [7, 11) is 0. The van der Waals surface area contributed by atoms with Crippen molar-refractivity contribution in [2.75, 3.05) is 13.1 Å². The van der Waals surface area contributed by atoms with Gasteiger partial charge in [-0.3, -0.25) is 4.99 Å². The monoisotopic (exact) mass is 211 g/mol. The largest absolute Gasteiger partial charge is 0.357 e. The van der Waals surface area contributed by atoms with Gasteiger partial charge in [-0.2, -0.15) is 0 Å². The molecule has 3 heteroatoms. The second kappa shape index (κ2) is 4.86. The van der Waals surface area contributed by atoms with Gasteiger partial charge in [-0.15, -0.1) is 0 Å². The fourth-order valence-electron chi connectivity index (χ4n) is 1.34. The molecule has 0 aromatic rings. The van der Waals surface area contributed by atoms with E-state index in [1.165, 1.54) is 6.42 Å². The van der Waals surface area contributed by atoms with Crippen LogP contribution in [0.5, 0.6) is 0 Å². The Bertz CT molecular complexity index is 228. The molecule has 3 nitrogen and oxygen atoms in total. The van der Waals surface area contributed by atoms with Crippen molar-refractivity contribution in [1.82, 2.24) is 10.6 Å². The lowest BCUT2D eigenvalue weighted by Crippen LogP contribution is -2.39. The highest BCUT2D eigenvalue weighted by atomic mass is 15.2. The van der Waals surface area contributed by atoms with Gasteiger partial charge in [-0.25, -0.2) is 0 Å². The lowest BCUT2D eigenvalue weighted by molar-refractivity contribution is 0.428. The number of hydrogen-bond donors (Lipinski definition) is 2. The van der Waals surface area contributed by atoms with Crippen molar-refractivity contribution in [3.05, 3.63) is 0 Å². The van der Waals surface area contributed by atoms with Crippen LogP contribution in [0, 0.1) is 11.3 Å². The van der Waals surface area contributed by atoms with Crippen LogP contribution in [0.15, 0.2) is 4.99 Å². The number of aliphatic imine (C=N–C) groups is 1. The number of guanidine groups is 1. The van der Waals surface area contributed by atoms with Crippen molar-refractivity contribution in [2.24, 2.45) is 16.3 Å². The second-order valence-electron chi connectivity index (χ2n) is 5.72. The molecule has 1 saturated carbocycles. The first-order chi connectivity index (χ1) is 6.92. The van der Waals surface area contributed by atoms with Gasteiger partial charge < -0.3 is 10.6 Å². The molecule has 0 radical (unpaired) electrons. The fraction of sp³-hybridized carbons (Fsp3) is 0.917. The zero-order valence-corrected chi connectivity index (χ0v) is 10.7.